The molecule has 0 aromatic rings. The third kappa shape index (κ3) is 7.10. The molecule has 1 saturated heterocycles. The maximum atomic E-state index is 11.6. The molecule has 1 heterocycles. The molecule has 0 spiro atoms. The number of nitrogens with one attached hydrogen (secondary N) is 2. The number of carbonyl (C=O) groups is 1. The maximum Gasteiger partial charge on any atom is 0.234 e. The van der Waals surface area contributed by atoms with Crippen LogP contribution in [0.2, 0.25) is 0 Å². The first-order chi connectivity index (χ1) is 8.18. The number of piperazine rings is 1. The Bertz CT molecular complexity index is 250. The van der Waals surface area contributed by atoms with Gasteiger partial charge in [0.05, 0.1) is 19.8 Å². The highest BCUT2D eigenvalue weighted by Gasteiger charge is 2.12. The summed E-state index contributed by atoms with van der Waals surface area (Å²) in [5, 5.41) is 6.10. The highest BCUT2D eigenvalue weighted by Crippen LogP contribution is 1.91. The average molecular weight is 241 g/mol. The van der Waals surface area contributed by atoms with Gasteiger partial charge in [0.2, 0.25) is 5.91 Å². The number of rotatable bonds is 7. The van der Waals surface area contributed by atoms with Gasteiger partial charge in [-0.15, -0.1) is 0 Å². The van der Waals surface area contributed by atoms with Crippen molar-refractivity contribution in [2.75, 3.05) is 52.5 Å². The lowest BCUT2D eigenvalue weighted by Gasteiger charge is -2.26. The van der Waals surface area contributed by atoms with Crippen LogP contribution < -0.4 is 10.6 Å². The van der Waals surface area contributed by atoms with Crippen LogP contribution in [0.25, 0.3) is 0 Å². The Balaban J connectivity index is 1.98. The highest BCUT2D eigenvalue weighted by molar-refractivity contribution is 5.77. The second kappa shape index (κ2) is 8.22. The van der Waals surface area contributed by atoms with Crippen LogP contribution in [0.3, 0.4) is 0 Å². The number of hydrogen-bond donors (Lipinski definition) is 2. The number of amides is 1. The summed E-state index contributed by atoms with van der Waals surface area (Å²) in [6, 6.07) is 0. The second-order valence-corrected chi connectivity index (χ2v) is 4.39. The van der Waals surface area contributed by atoms with Crippen molar-refractivity contribution in [3.63, 3.8) is 0 Å². The van der Waals surface area contributed by atoms with Gasteiger partial charge < -0.3 is 15.4 Å². The molecule has 2 N–H and O–H groups in total. The lowest BCUT2D eigenvalue weighted by Crippen LogP contribution is -2.47. The lowest BCUT2D eigenvalue weighted by molar-refractivity contribution is -0.122. The monoisotopic (exact) mass is 241 g/mol. The minimum absolute atomic E-state index is 0.0748. The maximum absolute atomic E-state index is 11.6. The lowest BCUT2D eigenvalue weighted by atomic mass is 10.3. The summed E-state index contributed by atoms with van der Waals surface area (Å²) in [7, 11) is 0. The summed E-state index contributed by atoms with van der Waals surface area (Å²) >= 11 is 0. The van der Waals surface area contributed by atoms with Gasteiger partial charge in [-0.3, -0.25) is 9.69 Å². The molecular weight excluding hydrogens is 218 g/mol. The number of ether oxygens (including phenoxy) is 1. The SMILES string of the molecule is C=C(C)COCCNC(=O)CN1CCNCC1. The summed E-state index contributed by atoms with van der Waals surface area (Å²) in [6.45, 7) is 11.6. The minimum Gasteiger partial charge on any atom is -0.375 e. The molecule has 0 aromatic heterocycles. The summed E-state index contributed by atoms with van der Waals surface area (Å²) in [5.41, 5.74) is 0.997. The van der Waals surface area contributed by atoms with Crippen molar-refractivity contribution in [3.8, 4) is 0 Å². The van der Waals surface area contributed by atoms with E-state index in [1.54, 1.807) is 0 Å². The second-order valence-electron chi connectivity index (χ2n) is 4.39. The zero-order chi connectivity index (χ0) is 12.5. The first-order valence-electron chi connectivity index (χ1n) is 6.10. The highest BCUT2D eigenvalue weighted by atomic mass is 16.5. The Morgan fingerprint density at radius 1 is 1.47 bits per heavy atom. The zero-order valence-electron chi connectivity index (χ0n) is 10.6. The molecule has 0 radical (unpaired) electrons. The van der Waals surface area contributed by atoms with Crippen molar-refractivity contribution >= 4 is 5.91 Å². The number of carbonyl (C=O) groups excluding carboxylic acids is 1. The van der Waals surface area contributed by atoms with Crippen molar-refractivity contribution < 1.29 is 9.53 Å². The molecule has 17 heavy (non-hydrogen) atoms. The van der Waals surface area contributed by atoms with E-state index in [4.69, 9.17) is 4.74 Å². The Kier molecular flexibility index (Phi) is 6.84. The van der Waals surface area contributed by atoms with Crippen LogP contribution >= 0.6 is 0 Å². The molecule has 98 valence electrons. The summed E-state index contributed by atoms with van der Waals surface area (Å²) in [6.07, 6.45) is 0. The number of nitrogens with zero attached hydrogens (tertiary/aromatic N) is 1. The van der Waals surface area contributed by atoms with Crippen molar-refractivity contribution in [2.45, 2.75) is 6.92 Å². The van der Waals surface area contributed by atoms with Gasteiger partial charge in [0, 0.05) is 32.7 Å². The van der Waals surface area contributed by atoms with Crippen molar-refractivity contribution in [3.05, 3.63) is 12.2 Å². The molecule has 1 amide bonds. The fourth-order valence-corrected chi connectivity index (χ4v) is 1.64. The first-order valence-corrected chi connectivity index (χ1v) is 6.10. The van der Waals surface area contributed by atoms with Crippen LogP contribution in [0.4, 0.5) is 0 Å². The molecule has 0 aliphatic carbocycles. The van der Waals surface area contributed by atoms with E-state index in [1.807, 2.05) is 6.92 Å². The van der Waals surface area contributed by atoms with Crippen LogP contribution in [0.5, 0.6) is 0 Å². The summed E-state index contributed by atoms with van der Waals surface area (Å²) < 4.78 is 5.30. The third-order valence-electron chi connectivity index (χ3n) is 2.49. The van der Waals surface area contributed by atoms with E-state index in [-0.39, 0.29) is 5.91 Å². The summed E-state index contributed by atoms with van der Waals surface area (Å²) in [4.78, 5) is 13.7. The molecule has 1 aliphatic rings. The van der Waals surface area contributed by atoms with Crippen LogP contribution in [-0.4, -0.2) is 63.3 Å². The zero-order valence-corrected chi connectivity index (χ0v) is 10.6. The van der Waals surface area contributed by atoms with Gasteiger partial charge in [0.25, 0.3) is 0 Å². The standard InChI is InChI=1S/C12H23N3O2/c1-11(2)10-17-8-5-14-12(16)9-15-6-3-13-4-7-15/h13H,1,3-10H2,2H3,(H,14,16). The minimum atomic E-state index is 0.0748. The van der Waals surface area contributed by atoms with Crippen LogP contribution in [0, 0.1) is 0 Å². The molecule has 1 aliphatic heterocycles. The third-order valence-corrected chi connectivity index (χ3v) is 2.49. The van der Waals surface area contributed by atoms with Gasteiger partial charge in [-0.05, 0) is 6.92 Å². The fraction of sp³-hybridized carbons (Fsp3) is 0.750. The van der Waals surface area contributed by atoms with Crippen LogP contribution in [0.1, 0.15) is 6.92 Å². The predicted molar refractivity (Wildman–Crippen MR) is 68.0 cm³/mol. The van der Waals surface area contributed by atoms with Gasteiger partial charge in [-0.25, -0.2) is 0 Å². The summed E-state index contributed by atoms with van der Waals surface area (Å²) in [5.74, 6) is 0.0748. The van der Waals surface area contributed by atoms with Gasteiger partial charge in [-0.2, -0.15) is 0 Å². The molecule has 0 aromatic carbocycles. The Morgan fingerprint density at radius 3 is 2.82 bits per heavy atom. The molecule has 1 rings (SSSR count). The molecule has 5 heteroatoms. The van der Waals surface area contributed by atoms with Crippen molar-refractivity contribution in [2.24, 2.45) is 0 Å². The number of hydrogen-bond acceptors (Lipinski definition) is 4. The first kappa shape index (κ1) is 14.2. The van der Waals surface area contributed by atoms with Crippen molar-refractivity contribution in [1.82, 2.24) is 15.5 Å². The Labute approximate surface area is 103 Å². The van der Waals surface area contributed by atoms with Gasteiger partial charge in [0.15, 0.2) is 0 Å². The largest absolute Gasteiger partial charge is 0.375 e. The van der Waals surface area contributed by atoms with Gasteiger partial charge >= 0.3 is 0 Å². The molecule has 0 atom stereocenters. The Morgan fingerprint density at radius 2 is 2.18 bits per heavy atom. The molecule has 5 nitrogen and oxygen atoms in total. The molecular formula is C12H23N3O2. The van der Waals surface area contributed by atoms with E-state index < -0.39 is 0 Å². The smallest absolute Gasteiger partial charge is 0.234 e. The van der Waals surface area contributed by atoms with E-state index in [2.05, 4.69) is 22.1 Å². The van der Waals surface area contributed by atoms with E-state index in [1.165, 1.54) is 0 Å². The molecule has 1 fully saturated rings. The normalized spacial score (nSPS) is 16.8. The van der Waals surface area contributed by atoms with Gasteiger partial charge in [0.1, 0.15) is 0 Å². The average Bonchev–Trinajstić information content (AvgIpc) is 2.29. The molecule has 0 unspecified atom stereocenters. The van der Waals surface area contributed by atoms with Crippen LogP contribution in [0.15, 0.2) is 12.2 Å². The predicted octanol–water partition coefficient (Wildman–Crippen LogP) is -0.399. The molecule has 0 bridgehead atoms. The van der Waals surface area contributed by atoms with Crippen molar-refractivity contribution in [1.29, 1.82) is 0 Å². The molecule has 0 saturated carbocycles. The van der Waals surface area contributed by atoms with E-state index in [0.717, 1.165) is 31.8 Å². The topological polar surface area (TPSA) is 53.6 Å². The van der Waals surface area contributed by atoms with Gasteiger partial charge in [-0.1, -0.05) is 12.2 Å². The fourth-order valence-electron chi connectivity index (χ4n) is 1.64. The van der Waals surface area contributed by atoms with E-state index in [0.29, 0.717) is 26.3 Å². The van der Waals surface area contributed by atoms with E-state index in [9.17, 15) is 4.79 Å². The van der Waals surface area contributed by atoms with Crippen LogP contribution in [-0.2, 0) is 9.53 Å². The van der Waals surface area contributed by atoms with E-state index >= 15 is 0 Å². The quantitative estimate of drug-likeness (QED) is 0.470. The Hall–Kier alpha value is -0.910.